The summed E-state index contributed by atoms with van der Waals surface area (Å²) in [5.74, 6) is -0.582. The molecule has 0 bridgehead atoms. The lowest BCUT2D eigenvalue weighted by Crippen LogP contribution is -2.44. The van der Waals surface area contributed by atoms with Gasteiger partial charge in [-0.1, -0.05) is 0 Å². The number of nitrogens with zero attached hydrogens (tertiary/aromatic N) is 4. The van der Waals surface area contributed by atoms with Crippen LogP contribution in [0.1, 0.15) is 12.8 Å². The zero-order valence-corrected chi connectivity index (χ0v) is 14.0. The molecule has 0 aromatic carbocycles. The fraction of sp³-hybridized carbons (Fsp3) is 0.714. The molecule has 132 valence electrons. The van der Waals surface area contributed by atoms with Crippen molar-refractivity contribution in [1.82, 2.24) is 13.6 Å². The van der Waals surface area contributed by atoms with Crippen LogP contribution in [0, 0.1) is 5.92 Å². The maximum absolute atomic E-state index is 12.3. The van der Waals surface area contributed by atoms with Crippen molar-refractivity contribution in [2.24, 2.45) is 5.92 Å². The Hall–Kier alpha value is -1.94. The van der Waals surface area contributed by atoms with Gasteiger partial charge in [-0.05, 0) is 12.8 Å². The van der Waals surface area contributed by atoms with E-state index in [1.807, 2.05) is 4.90 Å². The minimum atomic E-state index is -0.855. The molecule has 24 heavy (non-hydrogen) atoms. The molecule has 2 fully saturated rings. The maximum atomic E-state index is 12.3. The molecule has 1 aromatic rings. The number of carboxylic acid groups (broad SMARTS) is 1. The van der Waals surface area contributed by atoms with Gasteiger partial charge in [0.1, 0.15) is 0 Å². The second kappa shape index (κ2) is 7.75. The third-order valence-corrected chi connectivity index (χ3v) is 4.71. The van der Waals surface area contributed by atoms with Crippen molar-refractivity contribution in [1.29, 1.82) is 0 Å². The van der Waals surface area contributed by atoms with Crippen molar-refractivity contribution in [3.63, 3.8) is 0 Å². The summed E-state index contributed by atoms with van der Waals surface area (Å²) in [5.41, 5.74) is 0. The molecule has 0 aliphatic carbocycles. The molecule has 3 rings (SSSR count). The molecule has 9 nitrogen and oxygen atoms in total. The first-order valence-corrected chi connectivity index (χ1v) is 8.67. The van der Waals surface area contributed by atoms with Crippen molar-refractivity contribution in [2.45, 2.75) is 12.8 Å². The van der Waals surface area contributed by atoms with Gasteiger partial charge in [-0.3, -0.25) is 9.59 Å². The van der Waals surface area contributed by atoms with E-state index in [1.165, 1.54) is 0 Å². The molecule has 2 aliphatic heterocycles. The molecule has 1 unspecified atom stereocenters. The van der Waals surface area contributed by atoms with Gasteiger partial charge < -0.3 is 24.4 Å². The van der Waals surface area contributed by atoms with Gasteiger partial charge in [-0.25, -0.2) is 0 Å². The van der Waals surface area contributed by atoms with Crippen molar-refractivity contribution >= 4 is 29.4 Å². The topological polar surface area (TPSA) is 105 Å². The summed E-state index contributed by atoms with van der Waals surface area (Å²) in [6.07, 6.45) is 1.30. The van der Waals surface area contributed by atoms with Crippen molar-refractivity contribution < 1.29 is 24.2 Å². The fourth-order valence-electron chi connectivity index (χ4n) is 2.86. The number of carbonyl (C=O) groups is 2. The number of hydrogen-bond donors (Lipinski definition) is 1. The molecule has 1 aromatic heterocycles. The first-order valence-electron chi connectivity index (χ1n) is 7.94. The van der Waals surface area contributed by atoms with Crippen LogP contribution in [0.4, 0.5) is 5.82 Å². The number of piperidine rings is 1. The minimum absolute atomic E-state index is 0.158. The number of amides is 1. The molecular weight excluding hydrogens is 336 g/mol. The SMILES string of the molecule is O=C(O)C1CCCN(C(=O)COc2nsnc2N2CCOCC2)C1. The molecule has 1 amide bonds. The van der Waals surface area contributed by atoms with Gasteiger partial charge in [0.05, 0.1) is 30.9 Å². The monoisotopic (exact) mass is 356 g/mol. The maximum Gasteiger partial charge on any atom is 0.308 e. The van der Waals surface area contributed by atoms with Gasteiger partial charge in [0.15, 0.2) is 6.61 Å². The number of morpholine rings is 1. The number of rotatable bonds is 5. The second-order valence-corrected chi connectivity index (χ2v) is 6.33. The Kier molecular flexibility index (Phi) is 5.46. The van der Waals surface area contributed by atoms with Crippen LogP contribution < -0.4 is 9.64 Å². The van der Waals surface area contributed by atoms with Gasteiger partial charge in [-0.2, -0.15) is 4.37 Å². The van der Waals surface area contributed by atoms with E-state index in [2.05, 4.69) is 8.75 Å². The highest BCUT2D eigenvalue weighted by molar-refractivity contribution is 6.99. The summed E-state index contributed by atoms with van der Waals surface area (Å²) in [6, 6.07) is 0. The van der Waals surface area contributed by atoms with E-state index in [4.69, 9.17) is 14.6 Å². The molecule has 0 radical (unpaired) electrons. The summed E-state index contributed by atoms with van der Waals surface area (Å²) < 4.78 is 19.2. The Morgan fingerprint density at radius 1 is 1.29 bits per heavy atom. The lowest BCUT2D eigenvalue weighted by atomic mass is 9.98. The summed E-state index contributed by atoms with van der Waals surface area (Å²) in [6.45, 7) is 3.32. The number of aromatic nitrogens is 2. The zero-order chi connectivity index (χ0) is 16.9. The van der Waals surface area contributed by atoms with Gasteiger partial charge in [0, 0.05) is 26.2 Å². The average molecular weight is 356 g/mol. The van der Waals surface area contributed by atoms with Crippen molar-refractivity contribution in [3.8, 4) is 5.88 Å². The van der Waals surface area contributed by atoms with Gasteiger partial charge in [0.2, 0.25) is 5.82 Å². The number of ether oxygens (including phenoxy) is 2. The fourth-order valence-corrected chi connectivity index (χ4v) is 3.38. The van der Waals surface area contributed by atoms with Gasteiger partial charge in [0.25, 0.3) is 11.8 Å². The lowest BCUT2D eigenvalue weighted by Gasteiger charge is -2.30. The van der Waals surface area contributed by atoms with E-state index in [1.54, 1.807) is 4.90 Å². The largest absolute Gasteiger partial charge is 0.481 e. The first kappa shape index (κ1) is 16.9. The summed E-state index contributed by atoms with van der Waals surface area (Å²) in [4.78, 5) is 26.9. The van der Waals surface area contributed by atoms with Crippen LogP contribution in [0.3, 0.4) is 0 Å². The highest BCUT2D eigenvalue weighted by atomic mass is 32.1. The summed E-state index contributed by atoms with van der Waals surface area (Å²) >= 11 is 1.04. The highest BCUT2D eigenvalue weighted by Crippen LogP contribution is 2.26. The molecule has 3 heterocycles. The summed E-state index contributed by atoms with van der Waals surface area (Å²) in [5, 5.41) is 9.10. The number of aliphatic carboxylic acids is 1. The van der Waals surface area contributed by atoms with Crippen LogP contribution >= 0.6 is 11.7 Å². The third kappa shape index (κ3) is 3.93. The van der Waals surface area contributed by atoms with Crippen LogP contribution in [0.5, 0.6) is 5.88 Å². The van der Waals surface area contributed by atoms with Crippen molar-refractivity contribution in [2.75, 3.05) is 50.9 Å². The van der Waals surface area contributed by atoms with Crippen LogP contribution in [-0.4, -0.2) is 76.6 Å². The molecule has 1 N–H and O–H groups in total. The van der Waals surface area contributed by atoms with Gasteiger partial charge in [-0.15, -0.1) is 4.37 Å². The van der Waals surface area contributed by atoms with Crippen LogP contribution in [0.25, 0.3) is 0 Å². The van der Waals surface area contributed by atoms with Crippen LogP contribution in [0.2, 0.25) is 0 Å². The second-order valence-electron chi connectivity index (χ2n) is 5.80. The van der Waals surface area contributed by atoms with E-state index in [-0.39, 0.29) is 19.1 Å². The third-order valence-electron chi connectivity index (χ3n) is 4.21. The van der Waals surface area contributed by atoms with E-state index in [9.17, 15) is 9.59 Å². The number of carbonyl (C=O) groups excluding carboxylic acids is 1. The van der Waals surface area contributed by atoms with E-state index in [0.29, 0.717) is 57.4 Å². The molecule has 0 saturated carbocycles. The average Bonchev–Trinajstić information content (AvgIpc) is 3.09. The normalized spacial score (nSPS) is 21.6. The number of anilines is 1. The Bertz CT molecular complexity index is 589. The molecule has 1 atom stereocenters. The zero-order valence-electron chi connectivity index (χ0n) is 13.2. The molecule has 10 heteroatoms. The lowest BCUT2D eigenvalue weighted by molar-refractivity contribution is -0.146. The Balaban J connectivity index is 1.55. The smallest absolute Gasteiger partial charge is 0.308 e. The Labute approximate surface area is 143 Å². The van der Waals surface area contributed by atoms with E-state index < -0.39 is 11.9 Å². The number of carboxylic acids is 1. The van der Waals surface area contributed by atoms with Crippen molar-refractivity contribution in [3.05, 3.63) is 0 Å². The van der Waals surface area contributed by atoms with Crippen LogP contribution in [-0.2, 0) is 14.3 Å². The Morgan fingerprint density at radius 2 is 2.08 bits per heavy atom. The minimum Gasteiger partial charge on any atom is -0.481 e. The van der Waals surface area contributed by atoms with Crippen LogP contribution in [0.15, 0.2) is 0 Å². The standard InChI is InChI=1S/C14H20N4O5S/c19-11(18-3-1-2-10(8-18)14(20)21)9-23-13-12(15-24-16-13)17-4-6-22-7-5-17/h10H,1-9H2,(H,20,21). The Morgan fingerprint density at radius 3 is 2.83 bits per heavy atom. The molecule has 0 spiro atoms. The van der Waals surface area contributed by atoms with Gasteiger partial charge >= 0.3 is 5.97 Å². The molecule has 2 aliphatic rings. The number of likely N-dealkylation sites (tertiary alicyclic amines) is 1. The predicted molar refractivity (Wildman–Crippen MR) is 85.4 cm³/mol. The highest BCUT2D eigenvalue weighted by Gasteiger charge is 2.29. The van der Waals surface area contributed by atoms with E-state index >= 15 is 0 Å². The molecular formula is C14H20N4O5S. The van der Waals surface area contributed by atoms with E-state index in [0.717, 1.165) is 11.7 Å². The summed E-state index contributed by atoms with van der Waals surface area (Å²) in [7, 11) is 0. The molecule has 2 saturated heterocycles. The predicted octanol–water partition coefficient (Wildman–Crippen LogP) is 0.0767. The number of hydrogen-bond acceptors (Lipinski definition) is 8. The first-order chi connectivity index (χ1) is 11.6. The quantitative estimate of drug-likeness (QED) is 0.791.